The van der Waals surface area contributed by atoms with E-state index in [1.807, 2.05) is 43.3 Å². The first-order valence-corrected chi connectivity index (χ1v) is 12.7. The Balaban J connectivity index is 1.41. The van der Waals surface area contributed by atoms with Crippen LogP contribution in [0.1, 0.15) is 41.5 Å². The van der Waals surface area contributed by atoms with Gasteiger partial charge in [-0.1, -0.05) is 53.7 Å². The smallest absolute Gasteiger partial charge is 0.168 e. The van der Waals surface area contributed by atoms with Gasteiger partial charge in [-0.3, -0.25) is 0 Å². The van der Waals surface area contributed by atoms with Crippen LogP contribution in [-0.4, -0.2) is 68.5 Å². The first-order valence-electron chi connectivity index (χ1n) is 12.7. The van der Waals surface area contributed by atoms with E-state index in [4.69, 9.17) is 14.0 Å². The Bertz CT molecular complexity index is 1410. The summed E-state index contributed by atoms with van der Waals surface area (Å²) in [5, 5.41) is 33.4. The van der Waals surface area contributed by atoms with Crippen molar-refractivity contribution in [3.8, 4) is 11.3 Å². The van der Waals surface area contributed by atoms with Crippen LogP contribution < -0.4 is 0 Å². The topological polar surface area (TPSA) is 116 Å². The molecule has 0 spiro atoms. The van der Waals surface area contributed by atoms with Crippen molar-refractivity contribution in [2.24, 2.45) is 0 Å². The van der Waals surface area contributed by atoms with Crippen LogP contribution >= 0.6 is 0 Å². The van der Waals surface area contributed by atoms with Gasteiger partial charge in [-0.05, 0) is 24.1 Å². The third-order valence-corrected chi connectivity index (χ3v) is 7.33. The summed E-state index contributed by atoms with van der Waals surface area (Å²) in [4.78, 5) is 0. The van der Waals surface area contributed by atoms with E-state index in [-0.39, 0.29) is 29.2 Å². The molecule has 2 aromatic heterocycles. The van der Waals surface area contributed by atoms with Gasteiger partial charge in [0.1, 0.15) is 35.8 Å². The molecule has 5 rings (SSSR count). The summed E-state index contributed by atoms with van der Waals surface area (Å²) in [7, 11) is 1.47. The molecule has 4 aromatic rings. The molecule has 9 nitrogen and oxygen atoms in total. The van der Waals surface area contributed by atoms with E-state index in [0.29, 0.717) is 5.76 Å². The van der Waals surface area contributed by atoms with Crippen molar-refractivity contribution in [3.63, 3.8) is 0 Å². The fourth-order valence-corrected chi connectivity index (χ4v) is 5.06. The minimum atomic E-state index is -1.23. The van der Waals surface area contributed by atoms with E-state index in [9.17, 15) is 19.0 Å². The zero-order chi connectivity index (χ0) is 27.7. The third-order valence-electron chi connectivity index (χ3n) is 7.33. The predicted octanol–water partition coefficient (Wildman–Crippen LogP) is 3.59. The normalized spacial score (nSPS) is 24.1. The fraction of sp³-hybridized carbons (Fsp3) is 0.393. The van der Waals surface area contributed by atoms with Gasteiger partial charge in [0.25, 0.3) is 0 Å². The second-order valence-electron chi connectivity index (χ2n) is 9.77. The van der Waals surface area contributed by atoms with E-state index in [1.54, 1.807) is 0 Å². The van der Waals surface area contributed by atoms with Crippen LogP contribution in [0, 0.1) is 18.6 Å². The molecule has 1 fully saturated rings. The van der Waals surface area contributed by atoms with Gasteiger partial charge >= 0.3 is 0 Å². The van der Waals surface area contributed by atoms with Crippen LogP contribution in [-0.2, 0) is 15.9 Å². The van der Waals surface area contributed by atoms with Crippen molar-refractivity contribution in [2.75, 3.05) is 13.7 Å². The second kappa shape index (κ2) is 11.3. The molecular weight excluding hydrogens is 510 g/mol. The number of methoxy groups -OCH3 is 1. The zero-order valence-corrected chi connectivity index (χ0v) is 21.7. The summed E-state index contributed by atoms with van der Waals surface area (Å²) in [5.41, 5.74) is 2.05. The average molecular weight is 541 g/mol. The lowest BCUT2D eigenvalue weighted by Gasteiger charge is -2.43. The quantitative estimate of drug-likeness (QED) is 0.349. The van der Waals surface area contributed by atoms with Gasteiger partial charge in [-0.15, -0.1) is 5.10 Å². The van der Waals surface area contributed by atoms with Gasteiger partial charge in [-0.2, -0.15) is 0 Å². The highest BCUT2D eigenvalue weighted by molar-refractivity contribution is 5.59. The van der Waals surface area contributed by atoms with Crippen molar-refractivity contribution >= 4 is 0 Å². The van der Waals surface area contributed by atoms with Crippen molar-refractivity contribution < 1.29 is 33.0 Å². The van der Waals surface area contributed by atoms with E-state index in [0.717, 1.165) is 11.3 Å². The lowest BCUT2D eigenvalue weighted by molar-refractivity contribution is -0.212. The molecule has 1 aliphatic rings. The number of aliphatic hydroxyl groups is 2. The van der Waals surface area contributed by atoms with Crippen LogP contribution in [0.4, 0.5) is 8.78 Å². The number of ether oxygens (including phenoxy) is 2. The molecule has 2 N–H and O–H groups in total. The van der Waals surface area contributed by atoms with E-state index in [1.165, 1.54) is 37.0 Å². The molecule has 2 aromatic carbocycles. The average Bonchev–Trinajstić information content (AvgIpc) is 3.62. The number of hydrogen-bond donors (Lipinski definition) is 2. The molecule has 206 valence electrons. The summed E-state index contributed by atoms with van der Waals surface area (Å²) >= 11 is 0. The highest BCUT2D eigenvalue weighted by Crippen LogP contribution is 2.35. The van der Waals surface area contributed by atoms with Crippen molar-refractivity contribution in [1.29, 1.82) is 0 Å². The van der Waals surface area contributed by atoms with Crippen molar-refractivity contribution in [1.82, 2.24) is 20.2 Å². The molecule has 3 heterocycles. The SMILES string of the molecule is CO[C@@H]1[C@@H](n2cc(-c3ccc(C)c(F)c3F)nn2)[C@@H](O)[C@@H](CO)O[C@@H]1Cc1cc(C(C)c2ccccc2)no1. The van der Waals surface area contributed by atoms with Gasteiger partial charge in [0.15, 0.2) is 11.6 Å². The summed E-state index contributed by atoms with van der Waals surface area (Å²) in [6, 6.07) is 13.8. The minimum absolute atomic E-state index is 0.00883. The Morgan fingerprint density at radius 2 is 1.87 bits per heavy atom. The number of aryl methyl sites for hydroxylation is 1. The molecule has 0 aliphatic carbocycles. The lowest BCUT2D eigenvalue weighted by Crippen LogP contribution is -2.57. The van der Waals surface area contributed by atoms with Crippen molar-refractivity contribution in [2.45, 2.75) is 56.6 Å². The first kappa shape index (κ1) is 27.1. The highest BCUT2D eigenvalue weighted by Gasteiger charge is 2.47. The Hall–Kier alpha value is -3.51. The summed E-state index contributed by atoms with van der Waals surface area (Å²) in [6.07, 6.45) is -1.94. The maximum absolute atomic E-state index is 14.6. The van der Waals surface area contributed by atoms with Gasteiger partial charge in [0.05, 0.1) is 24.6 Å². The lowest BCUT2D eigenvalue weighted by atomic mass is 9.90. The number of nitrogens with zero attached hydrogens (tertiary/aromatic N) is 4. The number of benzene rings is 2. The van der Waals surface area contributed by atoms with Crippen LogP contribution in [0.2, 0.25) is 0 Å². The van der Waals surface area contributed by atoms with E-state index < -0.39 is 48.7 Å². The number of aliphatic hydroxyl groups excluding tert-OH is 2. The van der Waals surface area contributed by atoms with Gasteiger partial charge in [0, 0.05) is 31.1 Å². The molecule has 1 saturated heterocycles. The van der Waals surface area contributed by atoms with Gasteiger partial charge in [-0.25, -0.2) is 13.5 Å². The zero-order valence-electron chi connectivity index (χ0n) is 21.7. The molecule has 1 aliphatic heterocycles. The van der Waals surface area contributed by atoms with Crippen LogP contribution in [0.3, 0.4) is 0 Å². The molecule has 1 unspecified atom stereocenters. The highest BCUT2D eigenvalue weighted by atomic mass is 19.2. The largest absolute Gasteiger partial charge is 0.394 e. The Morgan fingerprint density at radius 1 is 1.10 bits per heavy atom. The molecule has 0 radical (unpaired) electrons. The number of hydrogen-bond acceptors (Lipinski definition) is 8. The molecular formula is C28H30F2N4O5. The third kappa shape index (κ3) is 5.22. The Morgan fingerprint density at radius 3 is 2.59 bits per heavy atom. The first-order chi connectivity index (χ1) is 18.8. The van der Waals surface area contributed by atoms with Gasteiger partial charge < -0.3 is 24.2 Å². The molecule has 0 amide bonds. The predicted molar refractivity (Wildman–Crippen MR) is 136 cm³/mol. The minimum Gasteiger partial charge on any atom is -0.394 e. The molecule has 0 saturated carbocycles. The maximum Gasteiger partial charge on any atom is 0.168 e. The second-order valence-corrected chi connectivity index (χ2v) is 9.77. The molecule has 39 heavy (non-hydrogen) atoms. The Labute approximate surface area is 224 Å². The standard InChI is InChI=1S/C28H30F2N4O5/c1-15-9-10-19(25(30)24(15)29)21-13-34(33-31-21)26-27(36)23(14-35)38-22(28(26)37-3)12-18-11-20(32-39-18)16(2)17-7-5-4-6-8-17/h4-11,13,16,22-23,26-28,35-36H,12,14H2,1-3H3/t16?,22-,23-,26+,27+,28+/m1/s1. The fourth-order valence-electron chi connectivity index (χ4n) is 5.06. The van der Waals surface area contributed by atoms with Crippen LogP contribution in [0.5, 0.6) is 0 Å². The maximum atomic E-state index is 14.6. The van der Waals surface area contributed by atoms with Crippen LogP contribution in [0.15, 0.2) is 59.3 Å². The molecule has 6 atom stereocenters. The Kier molecular flexibility index (Phi) is 7.85. The van der Waals surface area contributed by atoms with Crippen LogP contribution in [0.25, 0.3) is 11.3 Å². The summed E-state index contributed by atoms with van der Waals surface area (Å²) < 4.78 is 47.5. The van der Waals surface area contributed by atoms with E-state index >= 15 is 0 Å². The van der Waals surface area contributed by atoms with Crippen molar-refractivity contribution in [3.05, 3.63) is 88.9 Å². The molecule has 11 heteroatoms. The number of rotatable bonds is 8. The van der Waals surface area contributed by atoms with E-state index in [2.05, 4.69) is 15.5 Å². The summed E-state index contributed by atoms with van der Waals surface area (Å²) in [6.45, 7) is 3.04. The monoisotopic (exact) mass is 540 g/mol. The molecule has 0 bridgehead atoms. The van der Waals surface area contributed by atoms with Gasteiger partial charge in [0.2, 0.25) is 0 Å². The number of halogens is 2. The summed E-state index contributed by atoms with van der Waals surface area (Å²) in [5.74, 6) is -1.44. The number of aromatic nitrogens is 4.